The summed E-state index contributed by atoms with van der Waals surface area (Å²) in [6, 6.07) is 4.02. The summed E-state index contributed by atoms with van der Waals surface area (Å²) in [4.78, 5) is 16.5. The zero-order valence-corrected chi connectivity index (χ0v) is 10.6. The minimum absolute atomic E-state index is 0.256. The zero-order chi connectivity index (χ0) is 12.3. The van der Waals surface area contributed by atoms with Gasteiger partial charge >= 0.3 is 0 Å². The van der Waals surface area contributed by atoms with Crippen molar-refractivity contribution in [2.45, 2.75) is 45.1 Å². The molecule has 0 radical (unpaired) electrons. The molecular formula is C14H20N2O. The van der Waals surface area contributed by atoms with Gasteiger partial charge in [-0.1, -0.05) is 13.0 Å². The molecule has 1 aromatic heterocycles. The molecule has 1 fully saturated rings. The molecule has 1 atom stereocenters. The van der Waals surface area contributed by atoms with E-state index in [0.717, 1.165) is 31.5 Å². The number of aryl methyl sites for hydroxylation is 1. The monoisotopic (exact) mass is 232 g/mol. The third-order valence-corrected chi connectivity index (χ3v) is 3.62. The molecule has 0 aromatic carbocycles. The van der Waals surface area contributed by atoms with E-state index < -0.39 is 0 Å². The highest BCUT2D eigenvalue weighted by atomic mass is 16.1. The number of nitrogens with one attached hydrogen (secondary N) is 1. The maximum absolute atomic E-state index is 12.2. The van der Waals surface area contributed by atoms with Gasteiger partial charge in [0.15, 0.2) is 5.78 Å². The lowest BCUT2D eigenvalue weighted by Crippen LogP contribution is -2.45. The zero-order valence-electron chi connectivity index (χ0n) is 10.6. The van der Waals surface area contributed by atoms with Crippen molar-refractivity contribution >= 4 is 5.78 Å². The van der Waals surface area contributed by atoms with Crippen LogP contribution in [0, 0.1) is 0 Å². The molecule has 2 heterocycles. The number of hydrogen-bond acceptors (Lipinski definition) is 3. The molecule has 0 amide bonds. The Kier molecular flexibility index (Phi) is 3.57. The molecule has 1 aliphatic heterocycles. The molecule has 1 unspecified atom stereocenters. The maximum Gasteiger partial charge on any atom is 0.158 e. The Labute approximate surface area is 103 Å². The summed E-state index contributed by atoms with van der Waals surface area (Å²) in [6.07, 6.45) is 5.32. The Bertz CT molecular complexity index is 391. The average Bonchev–Trinajstić information content (AvgIpc) is 2.78. The van der Waals surface area contributed by atoms with Gasteiger partial charge in [-0.15, -0.1) is 0 Å². The summed E-state index contributed by atoms with van der Waals surface area (Å²) in [5.41, 5.74) is 1.76. The lowest BCUT2D eigenvalue weighted by Gasteiger charge is -2.22. The van der Waals surface area contributed by atoms with E-state index in [1.165, 1.54) is 5.56 Å². The van der Waals surface area contributed by atoms with Crippen LogP contribution >= 0.6 is 0 Å². The molecule has 0 saturated carbocycles. The molecule has 3 nitrogen and oxygen atoms in total. The molecule has 1 saturated heterocycles. The summed E-state index contributed by atoms with van der Waals surface area (Å²) >= 11 is 0. The Morgan fingerprint density at radius 2 is 2.35 bits per heavy atom. The van der Waals surface area contributed by atoms with Crippen LogP contribution in [0.15, 0.2) is 18.3 Å². The number of nitrogens with zero attached hydrogens (tertiary/aromatic N) is 1. The quantitative estimate of drug-likeness (QED) is 0.862. The van der Waals surface area contributed by atoms with E-state index in [2.05, 4.69) is 23.3 Å². The number of carbonyl (C=O) groups excluding carboxylic acids is 1. The number of hydrogen-bond donors (Lipinski definition) is 1. The van der Waals surface area contributed by atoms with Crippen molar-refractivity contribution in [3.63, 3.8) is 0 Å². The highest BCUT2D eigenvalue weighted by molar-refractivity contribution is 5.89. The van der Waals surface area contributed by atoms with Gasteiger partial charge < -0.3 is 5.32 Å². The van der Waals surface area contributed by atoms with E-state index in [-0.39, 0.29) is 11.3 Å². The summed E-state index contributed by atoms with van der Waals surface area (Å²) in [7, 11) is 0. The number of aromatic nitrogens is 1. The highest BCUT2D eigenvalue weighted by Crippen LogP contribution is 2.21. The number of pyridine rings is 1. The summed E-state index contributed by atoms with van der Waals surface area (Å²) in [5.74, 6) is 0.256. The molecule has 1 aromatic rings. The van der Waals surface area contributed by atoms with Gasteiger partial charge in [0.1, 0.15) is 0 Å². The maximum atomic E-state index is 12.2. The fraction of sp³-hybridized carbons (Fsp3) is 0.571. The third kappa shape index (κ3) is 2.72. The third-order valence-electron chi connectivity index (χ3n) is 3.62. The normalized spacial score (nSPS) is 23.9. The van der Waals surface area contributed by atoms with Gasteiger partial charge in [-0.2, -0.15) is 0 Å². The molecule has 0 bridgehead atoms. The van der Waals surface area contributed by atoms with Gasteiger partial charge in [-0.3, -0.25) is 9.78 Å². The van der Waals surface area contributed by atoms with Crippen LogP contribution in [-0.4, -0.2) is 22.9 Å². The lowest BCUT2D eigenvalue weighted by atomic mass is 9.91. The highest BCUT2D eigenvalue weighted by Gasteiger charge is 2.35. The molecule has 0 aliphatic carbocycles. The van der Waals surface area contributed by atoms with E-state index >= 15 is 0 Å². The average molecular weight is 232 g/mol. The van der Waals surface area contributed by atoms with Crippen molar-refractivity contribution in [1.29, 1.82) is 0 Å². The van der Waals surface area contributed by atoms with E-state index in [1.807, 2.05) is 19.2 Å². The fourth-order valence-electron chi connectivity index (χ4n) is 2.26. The minimum atomic E-state index is -0.328. The van der Waals surface area contributed by atoms with Gasteiger partial charge in [0, 0.05) is 11.9 Å². The minimum Gasteiger partial charge on any atom is -0.305 e. The molecule has 92 valence electrons. The standard InChI is InChI=1S/C14H20N2O/c1-3-11-5-6-12(15-10-11)9-13(17)14(2)7-4-8-16-14/h5-6,10,16H,3-4,7-9H2,1-2H3. The van der Waals surface area contributed by atoms with Gasteiger partial charge in [0.05, 0.1) is 12.0 Å². The van der Waals surface area contributed by atoms with Crippen LogP contribution in [-0.2, 0) is 17.6 Å². The smallest absolute Gasteiger partial charge is 0.158 e. The molecule has 3 heteroatoms. The Morgan fingerprint density at radius 1 is 1.53 bits per heavy atom. The first kappa shape index (κ1) is 12.2. The number of ketones is 1. The van der Waals surface area contributed by atoms with Crippen molar-refractivity contribution < 1.29 is 4.79 Å². The van der Waals surface area contributed by atoms with Crippen molar-refractivity contribution in [3.05, 3.63) is 29.6 Å². The van der Waals surface area contributed by atoms with Crippen molar-refractivity contribution in [3.8, 4) is 0 Å². The van der Waals surface area contributed by atoms with E-state index in [0.29, 0.717) is 6.42 Å². The fourth-order valence-corrected chi connectivity index (χ4v) is 2.26. The van der Waals surface area contributed by atoms with Gasteiger partial charge in [-0.05, 0) is 44.4 Å². The molecule has 1 N–H and O–H groups in total. The van der Waals surface area contributed by atoms with Gasteiger partial charge in [0.25, 0.3) is 0 Å². The Balaban J connectivity index is 2.02. The van der Waals surface area contributed by atoms with Gasteiger partial charge in [-0.25, -0.2) is 0 Å². The Morgan fingerprint density at radius 3 is 2.88 bits per heavy atom. The summed E-state index contributed by atoms with van der Waals surface area (Å²) in [5, 5.41) is 3.30. The Hall–Kier alpha value is -1.22. The predicted octanol–water partition coefficient (Wildman–Crippen LogP) is 1.90. The molecule has 0 spiro atoms. The SMILES string of the molecule is CCc1ccc(CC(=O)C2(C)CCCN2)nc1. The first-order valence-electron chi connectivity index (χ1n) is 6.36. The lowest BCUT2D eigenvalue weighted by molar-refractivity contribution is -0.123. The topological polar surface area (TPSA) is 42.0 Å². The second-order valence-electron chi connectivity index (χ2n) is 4.97. The van der Waals surface area contributed by atoms with E-state index in [4.69, 9.17) is 0 Å². The van der Waals surface area contributed by atoms with Crippen LogP contribution in [0.5, 0.6) is 0 Å². The van der Waals surface area contributed by atoms with Crippen LogP contribution in [0.1, 0.15) is 37.9 Å². The van der Waals surface area contributed by atoms with Crippen molar-refractivity contribution in [2.24, 2.45) is 0 Å². The number of Topliss-reactive ketones (excluding diaryl/α,β-unsaturated/α-hetero) is 1. The van der Waals surface area contributed by atoms with Crippen LogP contribution < -0.4 is 5.32 Å². The summed E-state index contributed by atoms with van der Waals surface area (Å²) in [6.45, 7) is 5.05. The van der Waals surface area contributed by atoms with Crippen LogP contribution in [0.3, 0.4) is 0 Å². The van der Waals surface area contributed by atoms with E-state index in [1.54, 1.807) is 0 Å². The molecule has 17 heavy (non-hydrogen) atoms. The van der Waals surface area contributed by atoms with Crippen molar-refractivity contribution in [2.75, 3.05) is 6.54 Å². The number of carbonyl (C=O) groups is 1. The number of rotatable bonds is 4. The molecular weight excluding hydrogens is 212 g/mol. The van der Waals surface area contributed by atoms with Crippen LogP contribution in [0.4, 0.5) is 0 Å². The van der Waals surface area contributed by atoms with Crippen molar-refractivity contribution in [1.82, 2.24) is 10.3 Å². The second-order valence-corrected chi connectivity index (χ2v) is 4.97. The summed E-state index contributed by atoms with van der Waals surface area (Å²) < 4.78 is 0. The molecule has 2 rings (SSSR count). The van der Waals surface area contributed by atoms with Crippen LogP contribution in [0.2, 0.25) is 0 Å². The first-order chi connectivity index (χ1) is 8.14. The predicted molar refractivity (Wildman–Crippen MR) is 68.0 cm³/mol. The van der Waals surface area contributed by atoms with E-state index in [9.17, 15) is 4.79 Å². The molecule has 1 aliphatic rings. The first-order valence-corrected chi connectivity index (χ1v) is 6.36. The van der Waals surface area contributed by atoms with Gasteiger partial charge in [0.2, 0.25) is 0 Å². The largest absolute Gasteiger partial charge is 0.305 e. The second kappa shape index (κ2) is 4.96. The van der Waals surface area contributed by atoms with Crippen LogP contribution in [0.25, 0.3) is 0 Å².